The number of nitrogens with two attached hydrogens (primary N) is 1. The molecule has 0 unspecified atom stereocenters. The van der Waals surface area contributed by atoms with Crippen molar-refractivity contribution in [2.45, 2.75) is 70.1 Å². The first-order valence-electron chi connectivity index (χ1n) is 14.7. The van der Waals surface area contributed by atoms with Crippen LogP contribution in [0.3, 0.4) is 0 Å². The van der Waals surface area contributed by atoms with Crippen LogP contribution in [0.4, 0.5) is 14.7 Å². The van der Waals surface area contributed by atoms with Crippen LogP contribution in [0.5, 0.6) is 0 Å². The van der Waals surface area contributed by atoms with Gasteiger partial charge in [0.25, 0.3) is 6.43 Å². The fraction of sp³-hybridized carbons (Fsp3) is 0.484. The van der Waals surface area contributed by atoms with Crippen molar-refractivity contribution in [1.29, 1.82) is 0 Å². The number of aryl methyl sites for hydroxylation is 1. The Hall–Kier alpha value is -3.15. The molecular weight excluding hydrogens is 556 g/mol. The second-order valence-corrected chi connectivity index (χ2v) is 11.1. The van der Waals surface area contributed by atoms with Crippen LogP contribution in [-0.4, -0.2) is 50.8 Å². The number of imidazole rings is 1. The maximum Gasteiger partial charge on any atom is 0.296 e. The molecular formula is C31H41F2N7OS. The fourth-order valence-corrected chi connectivity index (χ4v) is 5.56. The maximum absolute atomic E-state index is 13.5. The second kappa shape index (κ2) is 16.5. The van der Waals surface area contributed by atoms with Gasteiger partial charge in [0.15, 0.2) is 5.82 Å². The van der Waals surface area contributed by atoms with E-state index in [1.54, 1.807) is 31.2 Å². The minimum absolute atomic E-state index is 0.151. The van der Waals surface area contributed by atoms with E-state index in [-0.39, 0.29) is 11.8 Å². The number of halogens is 2. The zero-order valence-corrected chi connectivity index (χ0v) is 25.3. The van der Waals surface area contributed by atoms with Crippen LogP contribution < -0.4 is 10.0 Å². The van der Waals surface area contributed by atoms with E-state index in [1.807, 2.05) is 35.2 Å². The predicted molar refractivity (Wildman–Crippen MR) is 165 cm³/mol. The number of anilines is 1. The van der Waals surface area contributed by atoms with Crippen molar-refractivity contribution in [2.75, 3.05) is 31.2 Å². The molecule has 1 aliphatic carbocycles. The zero-order chi connectivity index (χ0) is 29.7. The summed E-state index contributed by atoms with van der Waals surface area (Å²) in [5.41, 5.74) is 1.01. The van der Waals surface area contributed by atoms with E-state index in [2.05, 4.69) is 26.9 Å². The third-order valence-corrected chi connectivity index (χ3v) is 7.84. The van der Waals surface area contributed by atoms with Gasteiger partial charge in [-0.15, -0.1) is 0 Å². The van der Waals surface area contributed by atoms with Crippen molar-refractivity contribution in [3.8, 4) is 5.95 Å². The number of benzene rings is 2. The largest absolute Gasteiger partial charge is 0.378 e. The molecule has 2 N–H and O–H groups in total. The number of ether oxygens (including phenoxy) is 1. The van der Waals surface area contributed by atoms with E-state index in [0.717, 1.165) is 10.8 Å². The van der Waals surface area contributed by atoms with Crippen LogP contribution in [0.25, 0.3) is 17.0 Å². The lowest BCUT2D eigenvalue weighted by atomic mass is 9.86. The molecule has 6 rings (SSSR count). The van der Waals surface area contributed by atoms with Crippen LogP contribution in [0.1, 0.15) is 69.9 Å². The molecule has 1 saturated heterocycles. The van der Waals surface area contributed by atoms with Crippen molar-refractivity contribution < 1.29 is 13.5 Å². The highest BCUT2D eigenvalue weighted by molar-refractivity contribution is 7.97. The average molecular weight is 598 g/mol. The molecule has 3 heterocycles. The van der Waals surface area contributed by atoms with Gasteiger partial charge in [0.2, 0.25) is 11.9 Å². The molecule has 42 heavy (non-hydrogen) atoms. The van der Waals surface area contributed by atoms with Crippen LogP contribution >= 0.6 is 11.9 Å². The lowest BCUT2D eigenvalue weighted by Crippen LogP contribution is -2.37. The number of morpholine rings is 1. The molecule has 226 valence electrons. The zero-order valence-electron chi connectivity index (χ0n) is 24.5. The summed E-state index contributed by atoms with van der Waals surface area (Å²) in [5, 5.41) is 5.27. The van der Waals surface area contributed by atoms with Gasteiger partial charge in [-0.3, -0.25) is 9.71 Å². The van der Waals surface area contributed by atoms with Gasteiger partial charge in [0, 0.05) is 18.0 Å². The molecule has 11 heteroatoms. The first kappa shape index (κ1) is 31.8. The van der Waals surface area contributed by atoms with Gasteiger partial charge in [0.1, 0.15) is 5.82 Å². The lowest BCUT2D eigenvalue weighted by Gasteiger charge is -2.27. The first-order valence-corrected chi connectivity index (χ1v) is 15.6. The molecule has 4 aromatic rings. The Morgan fingerprint density at radius 3 is 2.21 bits per heavy atom. The van der Waals surface area contributed by atoms with Gasteiger partial charge in [-0.2, -0.15) is 15.0 Å². The lowest BCUT2D eigenvalue weighted by molar-refractivity contribution is 0.122. The van der Waals surface area contributed by atoms with Crippen LogP contribution in [0.15, 0.2) is 59.5 Å². The number of hydrogen-bond donors (Lipinski definition) is 1. The summed E-state index contributed by atoms with van der Waals surface area (Å²) >= 11 is 1.27. The predicted octanol–water partition coefficient (Wildman–Crippen LogP) is 7.31. The summed E-state index contributed by atoms with van der Waals surface area (Å²) < 4.78 is 33.7. The van der Waals surface area contributed by atoms with Gasteiger partial charge in [-0.05, 0) is 49.1 Å². The highest BCUT2D eigenvalue weighted by Crippen LogP contribution is 2.28. The summed E-state index contributed by atoms with van der Waals surface area (Å²) in [6, 6.07) is 16.8. The fourth-order valence-electron chi connectivity index (χ4n) is 5.24. The SMILES string of the molecule is CCCC1CCCCC1.Cc1nc(N2CCOCC2)nc(-n2c(C(F)F)nc3ccccc32)n1.NSc1ccccc1. The standard InChI is InChI=1S/C16H16F2N6O.C9H18.C6H7NS/c1-10-19-15(23-6-8-25-9-7-23)22-16(20-10)24-12-5-3-2-4-11(12)21-14(24)13(17)18;1-2-6-9-7-4-3-5-8-9;7-8-6-4-2-1-3-5-6/h2-5,13H,6-9H2,1H3;9H,2-8H2,1H3;1-5H,7H2. The minimum atomic E-state index is -2.74. The Morgan fingerprint density at radius 1 is 0.905 bits per heavy atom. The molecule has 2 aromatic heterocycles. The van der Waals surface area contributed by atoms with Crippen LogP contribution in [0.2, 0.25) is 0 Å². The first-order chi connectivity index (χ1) is 20.5. The van der Waals surface area contributed by atoms with Gasteiger partial charge >= 0.3 is 0 Å². The third-order valence-electron chi connectivity index (χ3n) is 7.30. The van der Waals surface area contributed by atoms with Crippen molar-refractivity contribution >= 4 is 28.9 Å². The topological polar surface area (TPSA) is 95.0 Å². The molecule has 0 amide bonds. The Morgan fingerprint density at radius 2 is 1.57 bits per heavy atom. The van der Waals surface area contributed by atoms with Crippen molar-refractivity contribution in [2.24, 2.45) is 11.1 Å². The Bertz CT molecular complexity index is 1360. The van der Waals surface area contributed by atoms with E-state index < -0.39 is 6.43 Å². The van der Waals surface area contributed by atoms with Gasteiger partial charge < -0.3 is 9.64 Å². The summed E-state index contributed by atoms with van der Waals surface area (Å²) in [4.78, 5) is 20.2. The molecule has 1 aliphatic heterocycles. The van der Waals surface area contributed by atoms with E-state index in [9.17, 15) is 8.78 Å². The van der Waals surface area contributed by atoms with Gasteiger partial charge in [-0.1, -0.05) is 82.2 Å². The minimum Gasteiger partial charge on any atom is -0.378 e. The number of alkyl halides is 2. The Balaban J connectivity index is 0.000000194. The van der Waals surface area contributed by atoms with Gasteiger partial charge in [-0.25, -0.2) is 13.8 Å². The van der Waals surface area contributed by atoms with Gasteiger partial charge in [0.05, 0.1) is 24.2 Å². The Kier molecular flexibility index (Phi) is 12.5. The number of para-hydroxylation sites is 2. The van der Waals surface area contributed by atoms with E-state index in [1.165, 1.54) is 61.5 Å². The van der Waals surface area contributed by atoms with Crippen LogP contribution in [-0.2, 0) is 4.74 Å². The van der Waals surface area contributed by atoms with E-state index in [0.29, 0.717) is 49.1 Å². The van der Waals surface area contributed by atoms with Crippen molar-refractivity contribution in [1.82, 2.24) is 24.5 Å². The second-order valence-electron chi connectivity index (χ2n) is 10.4. The molecule has 2 fully saturated rings. The molecule has 2 aliphatic rings. The van der Waals surface area contributed by atoms with E-state index in [4.69, 9.17) is 9.88 Å². The summed E-state index contributed by atoms with van der Waals surface area (Å²) in [6.45, 7) is 6.47. The number of nitrogens with zero attached hydrogens (tertiary/aromatic N) is 6. The highest BCUT2D eigenvalue weighted by Gasteiger charge is 2.23. The highest BCUT2D eigenvalue weighted by atomic mass is 32.2. The number of aromatic nitrogens is 5. The summed E-state index contributed by atoms with van der Waals surface area (Å²) in [7, 11) is 0. The van der Waals surface area contributed by atoms with Crippen molar-refractivity contribution in [3.63, 3.8) is 0 Å². The van der Waals surface area contributed by atoms with Crippen LogP contribution in [0, 0.1) is 12.8 Å². The summed E-state index contributed by atoms with van der Waals surface area (Å²) in [6.07, 6.45) is 7.69. The number of fused-ring (bicyclic) bond motifs is 1. The third kappa shape index (κ3) is 8.92. The Labute approximate surface area is 251 Å². The normalized spacial score (nSPS) is 15.6. The smallest absolute Gasteiger partial charge is 0.296 e. The quantitative estimate of drug-likeness (QED) is 0.231. The molecule has 2 aromatic carbocycles. The van der Waals surface area contributed by atoms with Crippen molar-refractivity contribution in [3.05, 3.63) is 66.2 Å². The molecule has 0 radical (unpaired) electrons. The summed E-state index contributed by atoms with van der Waals surface area (Å²) in [5.74, 6) is 1.80. The monoisotopic (exact) mass is 597 g/mol. The molecule has 0 atom stereocenters. The molecule has 8 nitrogen and oxygen atoms in total. The molecule has 0 spiro atoms. The van der Waals surface area contributed by atoms with E-state index >= 15 is 0 Å². The molecule has 0 bridgehead atoms. The number of hydrogen-bond acceptors (Lipinski definition) is 8. The molecule has 1 saturated carbocycles. The average Bonchev–Trinajstić information content (AvgIpc) is 3.43. The maximum atomic E-state index is 13.5. The number of rotatable bonds is 6.